The molecule has 0 atom stereocenters. The van der Waals surface area contributed by atoms with E-state index in [0.717, 1.165) is 12.1 Å². The van der Waals surface area contributed by atoms with Crippen LogP contribution in [-0.2, 0) is 15.7 Å². The van der Waals surface area contributed by atoms with E-state index in [-0.39, 0.29) is 30.2 Å². The number of benzene rings is 1. The number of carboxylic acid groups (broad SMARTS) is 1. The Balaban J connectivity index is 2.07. The predicted molar refractivity (Wildman–Crippen MR) is 84.6 cm³/mol. The van der Waals surface area contributed by atoms with E-state index in [4.69, 9.17) is 9.84 Å². The fraction of sp³-hybridized carbons (Fsp3) is 0.312. The van der Waals surface area contributed by atoms with Crippen LogP contribution in [0.15, 0.2) is 24.3 Å². The second kappa shape index (κ2) is 8.00. The second-order valence-electron chi connectivity index (χ2n) is 5.34. The first-order valence-electron chi connectivity index (χ1n) is 7.50. The summed E-state index contributed by atoms with van der Waals surface area (Å²) in [6.07, 6.45) is -4.48. The zero-order valence-corrected chi connectivity index (χ0v) is 13.7. The van der Waals surface area contributed by atoms with Crippen LogP contribution >= 0.6 is 0 Å². The maximum atomic E-state index is 12.8. The molecule has 0 aliphatic heterocycles. The molecular formula is C16H16F3N3O4. The molecule has 1 heterocycles. The maximum Gasteiger partial charge on any atom is 0.416 e. The van der Waals surface area contributed by atoms with Gasteiger partial charge in [-0.15, -0.1) is 0 Å². The first kappa shape index (κ1) is 19.4. The molecule has 1 amide bonds. The first-order valence-corrected chi connectivity index (χ1v) is 7.50. The van der Waals surface area contributed by atoms with Crippen molar-refractivity contribution in [2.24, 2.45) is 0 Å². The molecule has 0 spiro atoms. The van der Waals surface area contributed by atoms with Gasteiger partial charge in [-0.1, -0.05) is 12.1 Å². The average Bonchev–Trinajstić information content (AvgIpc) is 2.95. The lowest BCUT2D eigenvalue weighted by atomic mass is 10.1. The van der Waals surface area contributed by atoms with Crippen LogP contribution in [0.5, 0.6) is 0 Å². The molecule has 0 fully saturated rings. The summed E-state index contributed by atoms with van der Waals surface area (Å²) in [5, 5.41) is 10.9. The molecule has 0 saturated heterocycles. The molecule has 0 aliphatic carbocycles. The zero-order valence-electron chi connectivity index (χ0n) is 13.7. The lowest BCUT2D eigenvalue weighted by molar-refractivity contribution is -0.142. The van der Waals surface area contributed by atoms with Crippen LogP contribution in [0, 0.1) is 6.92 Å². The quantitative estimate of drug-likeness (QED) is 0.648. The predicted octanol–water partition coefficient (Wildman–Crippen LogP) is 2.23. The van der Waals surface area contributed by atoms with Gasteiger partial charge in [-0.25, -0.2) is 9.78 Å². The van der Waals surface area contributed by atoms with Gasteiger partial charge in [0, 0.05) is 17.8 Å². The molecule has 1 aromatic heterocycles. The molecule has 10 heteroatoms. The van der Waals surface area contributed by atoms with Crippen molar-refractivity contribution in [1.82, 2.24) is 15.3 Å². The molecule has 0 radical (unpaired) electrons. The Kier molecular flexibility index (Phi) is 5.98. The Labute approximate surface area is 146 Å². The summed E-state index contributed by atoms with van der Waals surface area (Å²) < 4.78 is 43.2. The number of carboxylic acids is 1. The number of hydrogen-bond acceptors (Lipinski definition) is 4. The average molecular weight is 371 g/mol. The van der Waals surface area contributed by atoms with Crippen molar-refractivity contribution in [3.8, 4) is 11.4 Å². The Morgan fingerprint density at radius 3 is 2.73 bits per heavy atom. The molecule has 7 nitrogen and oxygen atoms in total. The van der Waals surface area contributed by atoms with Crippen molar-refractivity contribution in [2.45, 2.75) is 13.1 Å². The summed E-state index contributed by atoms with van der Waals surface area (Å²) in [6, 6.07) is 4.61. The van der Waals surface area contributed by atoms with E-state index in [1.165, 1.54) is 12.1 Å². The number of imidazole rings is 1. The Morgan fingerprint density at radius 1 is 1.35 bits per heavy atom. The molecule has 2 rings (SSSR count). The molecule has 0 bridgehead atoms. The minimum absolute atomic E-state index is 0.00198. The highest BCUT2D eigenvalue weighted by atomic mass is 19.4. The van der Waals surface area contributed by atoms with Crippen molar-refractivity contribution >= 4 is 11.9 Å². The van der Waals surface area contributed by atoms with Crippen molar-refractivity contribution in [1.29, 1.82) is 0 Å². The topological polar surface area (TPSA) is 104 Å². The standard InChI is InChI=1S/C16H16F3N3O4/c1-9-13(15(25)20-5-6-26-8-12(23)24)22-14(21-9)10-3-2-4-11(7-10)16(17,18)19/h2-4,7H,5-6,8H2,1H3,(H,20,25)(H,21,22)(H,23,24). The van der Waals surface area contributed by atoms with Crippen molar-refractivity contribution in [3.63, 3.8) is 0 Å². The van der Waals surface area contributed by atoms with E-state index in [1.54, 1.807) is 6.92 Å². The summed E-state index contributed by atoms with van der Waals surface area (Å²) in [5.74, 6) is -1.53. The monoisotopic (exact) mass is 371 g/mol. The highest BCUT2D eigenvalue weighted by molar-refractivity contribution is 5.94. The van der Waals surface area contributed by atoms with E-state index in [9.17, 15) is 22.8 Å². The smallest absolute Gasteiger partial charge is 0.416 e. The number of aromatic nitrogens is 2. The van der Waals surface area contributed by atoms with Gasteiger partial charge in [-0.2, -0.15) is 13.2 Å². The highest BCUT2D eigenvalue weighted by Gasteiger charge is 2.30. The second-order valence-corrected chi connectivity index (χ2v) is 5.34. The van der Waals surface area contributed by atoms with Crippen LogP contribution in [0.4, 0.5) is 13.2 Å². The van der Waals surface area contributed by atoms with Gasteiger partial charge in [0.15, 0.2) is 0 Å². The minimum Gasteiger partial charge on any atom is -0.480 e. The number of carbonyl (C=O) groups is 2. The van der Waals surface area contributed by atoms with Crippen molar-refractivity contribution in [2.75, 3.05) is 19.8 Å². The summed E-state index contributed by atoms with van der Waals surface area (Å²) in [4.78, 5) is 29.2. The summed E-state index contributed by atoms with van der Waals surface area (Å²) in [5.41, 5.74) is -0.186. The molecule has 26 heavy (non-hydrogen) atoms. The molecule has 2 aromatic rings. The number of nitrogens with zero attached hydrogens (tertiary/aromatic N) is 1. The van der Waals surface area contributed by atoms with Gasteiger partial charge >= 0.3 is 12.1 Å². The Hall–Kier alpha value is -2.88. The highest BCUT2D eigenvalue weighted by Crippen LogP contribution is 2.31. The molecule has 0 aliphatic rings. The fourth-order valence-corrected chi connectivity index (χ4v) is 2.14. The number of aryl methyl sites for hydroxylation is 1. The third kappa shape index (κ3) is 5.06. The van der Waals surface area contributed by atoms with Crippen LogP contribution in [0.25, 0.3) is 11.4 Å². The van der Waals surface area contributed by atoms with Crippen molar-refractivity contribution in [3.05, 3.63) is 41.2 Å². The number of halogens is 3. The van der Waals surface area contributed by atoms with Crippen LogP contribution < -0.4 is 5.32 Å². The number of aliphatic carboxylic acids is 1. The summed E-state index contributed by atoms with van der Waals surface area (Å²) >= 11 is 0. The van der Waals surface area contributed by atoms with Gasteiger partial charge in [0.2, 0.25) is 0 Å². The SMILES string of the molecule is Cc1[nH]c(-c2cccc(C(F)(F)F)c2)nc1C(=O)NCCOCC(=O)O. The lowest BCUT2D eigenvalue weighted by Crippen LogP contribution is -2.28. The van der Waals surface area contributed by atoms with Crippen LogP contribution in [0.1, 0.15) is 21.7 Å². The molecule has 3 N–H and O–H groups in total. The van der Waals surface area contributed by atoms with E-state index < -0.39 is 30.2 Å². The molecular weight excluding hydrogens is 355 g/mol. The number of ether oxygens (including phenoxy) is 1. The first-order chi connectivity index (χ1) is 12.2. The number of alkyl halides is 3. The molecule has 1 aromatic carbocycles. The summed E-state index contributed by atoms with van der Waals surface area (Å²) in [6.45, 7) is 1.16. The van der Waals surface area contributed by atoms with Crippen LogP contribution in [0.3, 0.4) is 0 Å². The number of nitrogens with one attached hydrogen (secondary N) is 2. The van der Waals surface area contributed by atoms with Gasteiger partial charge in [0.1, 0.15) is 18.1 Å². The number of rotatable bonds is 7. The largest absolute Gasteiger partial charge is 0.480 e. The van der Waals surface area contributed by atoms with Gasteiger partial charge in [0.05, 0.1) is 12.2 Å². The van der Waals surface area contributed by atoms with E-state index in [2.05, 4.69) is 15.3 Å². The van der Waals surface area contributed by atoms with E-state index in [1.807, 2.05) is 0 Å². The van der Waals surface area contributed by atoms with E-state index >= 15 is 0 Å². The molecule has 0 unspecified atom stereocenters. The number of hydrogen-bond donors (Lipinski definition) is 3. The third-order valence-corrected chi connectivity index (χ3v) is 3.32. The van der Waals surface area contributed by atoms with Gasteiger partial charge in [-0.05, 0) is 19.1 Å². The molecule has 140 valence electrons. The third-order valence-electron chi connectivity index (χ3n) is 3.32. The number of carbonyl (C=O) groups excluding carboxylic acids is 1. The van der Waals surface area contributed by atoms with Gasteiger partial charge < -0.3 is 20.1 Å². The van der Waals surface area contributed by atoms with Crippen molar-refractivity contribution < 1.29 is 32.6 Å². The Bertz CT molecular complexity index is 802. The molecule has 0 saturated carbocycles. The van der Waals surface area contributed by atoms with Crippen LogP contribution in [0.2, 0.25) is 0 Å². The number of aromatic amines is 1. The minimum atomic E-state index is -4.48. The number of amides is 1. The lowest BCUT2D eigenvalue weighted by Gasteiger charge is -2.07. The fourth-order valence-electron chi connectivity index (χ4n) is 2.14. The zero-order chi connectivity index (χ0) is 19.3. The normalized spacial score (nSPS) is 11.4. The summed E-state index contributed by atoms with van der Waals surface area (Å²) in [7, 11) is 0. The number of H-pyrrole nitrogens is 1. The van der Waals surface area contributed by atoms with E-state index in [0.29, 0.717) is 5.69 Å². The maximum absolute atomic E-state index is 12.8. The van der Waals surface area contributed by atoms with Gasteiger partial charge in [0.25, 0.3) is 5.91 Å². The van der Waals surface area contributed by atoms with Gasteiger partial charge in [-0.3, -0.25) is 4.79 Å². The Morgan fingerprint density at radius 2 is 2.08 bits per heavy atom. The van der Waals surface area contributed by atoms with Crippen LogP contribution in [-0.4, -0.2) is 46.7 Å².